The van der Waals surface area contributed by atoms with E-state index in [0.29, 0.717) is 5.56 Å². The van der Waals surface area contributed by atoms with Crippen molar-refractivity contribution < 1.29 is 9.90 Å². The summed E-state index contributed by atoms with van der Waals surface area (Å²) in [4.78, 5) is 13.2. The van der Waals surface area contributed by atoms with Gasteiger partial charge in [-0.05, 0) is 47.4 Å². The van der Waals surface area contributed by atoms with Gasteiger partial charge < -0.3 is 10.8 Å². The third-order valence-corrected chi connectivity index (χ3v) is 3.93. The summed E-state index contributed by atoms with van der Waals surface area (Å²) in [5, 5.41) is 8.91. The third-order valence-electron chi connectivity index (χ3n) is 3.93. The molecule has 0 amide bonds. The molecule has 108 valence electrons. The summed E-state index contributed by atoms with van der Waals surface area (Å²) in [5.74, 6) is -0.885. The maximum absolute atomic E-state index is 10.8. The summed E-state index contributed by atoms with van der Waals surface area (Å²) < 4.78 is 0. The highest BCUT2D eigenvalue weighted by Crippen LogP contribution is 2.22. The number of aromatic carboxylic acids is 1. The zero-order valence-electron chi connectivity index (χ0n) is 11.7. The molecule has 4 heteroatoms. The minimum Gasteiger partial charge on any atom is -0.478 e. The Labute approximate surface area is 123 Å². The number of nitrogen functional groups attached to an aromatic ring is 1. The normalized spacial score (nSPS) is 14.7. The number of nitrogens with two attached hydrogens (primary N) is 1. The molecule has 1 heterocycles. The topological polar surface area (TPSA) is 66.6 Å². The van der Waals surface area contributed by atoms with E-state index in [-0.39, 0.29) is 0 Å². The maximum Gasteiger partial charge on any atom is 0.335 e. The van der Waals surface area contributed by atoms with Crippen molar-refractivity contribution in [2.75, 3.05) is 12.3 Å². The number of rotatable bonds is 3. The van der Waals surface area contributed by atoms with Crippen molar-refractivity contribution in [3.8, 4) is 0 Å². The van der Waals surface area contributed by atoms with Crippen LogP contribution in [0.2, 0.25) is 0 Å². The summed E-state index contributed by atoms with van der Waals surface area (Å²) in [6, 6.07) is 13.2. The Kier molecular flexibility index (Phi) is 3.62. The van der Waals surface area contributed by atoms with Crippen molar-refractivity contribution in [1.29, 1.82) is 0 Å². The number of carbonyl (C=O) groups is 1. The monoisotopic (exact) mass is 282 g/mol. The van der Waals surface area contributed by atoms with E-state index in [0.717, 1.165) is 37.3 Å². The Morgan fingerprint density at radius 2 is 1.90 bits per heavy atom. The summed E-state index contributed by atoms with van der Waals surface area (Å²) in [6.07, 6.45) is 1.03. The van der Waals surface area contributed by atoms with Crippen molar-refractivity contribution in [3.05, 3.63) is 64.7 Å². The van der Waals surface area contributed by atoms with Gasteiger partial charge in [0.2, 0.25) is 0 Å². The van der Waals surface area contributed by atoms with Gasteiger partial charge in [0.25, 0.3) is 0 Å². The molecule has 1 aliphatic heterocycles. The zero-order valence-corrected chi connectivity index (χ0v) is 11.7. The summed E-state index contributed by atoms with van der Waals surface area (Å²) >= 11 is 0. The lowest BCUT2D eigenvalue weighted by Crippen LogP contribution is -2.30. The van der Waals surface area contributed by atoms with Crippen molar-refractivity contribution in [1.82, 2.24) is 4.90 Å². The van der Waals surface area contributed by atoms with Gasteiger partial charge in [-0.2, -0.15) is 0 Å². The van der Waals surface area contributed by atoms with Gasteiger partial charge in [0, 0.05) is 25.3 Å². The predicted molar refractivity (Wildman–Crippen MR) is 82.1 cm³/mol. The van der Waals surface area contributed by atoms with Crippen LogP contribution in [0.1, 0.15) is 27.0 Å². The first kappa shape index (κ1) is 13.6. The second-order valence-corrected chi connectivity index (χ2v) is 5.49. The van der Waals surface area contributed by atoms with Crippen LogP contribution in [0.3, 0.4) is 0 Å². The first-order chi connectivity index (χ1) is 10.1. The van der Waals surface area contributed by atoms with Crippen LogP contribution in [0.4, 0.5) is 5.69 Å². The van der Waals surface area contributed by atoms with Crippen LogP contribution in [0.25, 0.3) is 0 Å². The molecular weight excluding hydrogens is 264 g/mol. The number of carboxylic acids is 1. The van der Waals surface area contributed by atoms with E-state index in [1.807, 2.05) is 18.2 Å². The summed E-state index contributed by atoms with van der Waals surface area (Å²) in [6.45, 7) is 2.73. The summed E-state index contributed by atoms with van der Waals surface area (Å²) in [7, 11) is 0. The molecule has 0 fully saturated rings. The molecule has 0 aliphatic carbocycles. The summed E-state index contributed by atoms with van der Waals surface area (Å²) in [5.41, 5.74) is 10.8. The molecule has 0 atom stereocenters. The molecule has 2 aromatic rings. The van der Waals surface area contributed by atoms with Crippen molar-refractivity contribution >= 4 is 11.7 Å². The van der Waals surface area contributed by atoms with Gasteiger partial charge in [-0.15, -0.1) is 0 Å². The van der Waals surface area contributed by atoms with Gasteiger partial charge in [-0.25, -0.2) is 4.79 Å². The third kappa shape index (κ3) is 3.06. The van der Waals surface area contributed by atoms with Crippen molar-refractivity contribution in [3.63, 3.8) is 0 Å². The molecule has 0 unspecified atom stereocenters. The van der Waals surface area contributed by atoms with Gasteiger partial charge in [-0.3, -0.25) is 4.90 Å². The van der Waals surface area contributed by atoms with Gasteiger partial charge in [0.15, 0.2) is 0 Å². The highest BCUT2D eigenvalue weighted by Gasteiger charge is 2.16. The minimum absolute atomic E-state index is 0.329. The standard InChI is InChI=1S/C17H18N2O2/c18-16-6-5-13-7-8-19(11-15(13)9-16)10-12-1-3-14(4-2-12)17(20)21/h1-6,9H,7-8,10-11,18H2,(H,20,21). The maximum atomic E-state index is 10.8. The molecule has 0 bridgehead atoms. The van der Waals surface area contributed by atoms with Gasteiger partial charge >= 0.3 is 5.97 Å². The molecule has 2 aromatic carbocycles. The molecule has 0 radical (unpaired) electrons. The largest absolute Gasteiger partial charge is 0.478 e. The van der Waals surface area contributed by atoms with Gasteiger partial charge in [0.05, 0.1) is 5.56 Å². The number of benzene rings is 2. The molecule has 0 saturated carbocycles. The quantitative estimate of drug-likeness (QED) is 0.849. The van der Waals surface area contributed by atoms with Gasteiger partial charge in [0.1, 0.15) is 0 Å². The number of fused-ring (bicyclic) bond motifs is 1. The van der Waals surface area contributed by atoms with Crippen LogP contribution >= 0.6 is 0 Å². The smallest absolute Gasteiger partial charge is 0.335 e. The number of carboxylic acid groups (broad SMARTS) is 1. The molecule has 3 rings (SSSR count). The molecule has 21 heavy (non-hydrogen) atoms. The number of nitrogens with zero attached hydrogens (tertiary/aromatic N) is 1. The fourth-order valence-corrected chi connectivity index (χ4v) is 2.78. The van der Waals surface area contributed by atoms with Crippen LogP contribution in [-0.4, -0.2) is 22.5 Å². The molecule has 3 N–H and O–H groups in total. The van der Waals surface area contributed by atoms with Crippen molar-refractivity contribution in [2.24, 2.45) is 0 Å². The average molecular weight is 282 g/mol. The average Bonchev–Trinajstić information content (AvgIpc) is 2.47. The van der Waals surface area contributed by atoms with Crippen LogP contribution in [-0.2, 0) is 19.5 Å². The molecule has 0 spiro atoms. The van der Waals surface area contributed by atoms with Crippen LogP contribution in [0, 0.1) is 0 Å². The fraction of sp³-hybridized carbons (Fsp3) is 0.235. The van der Waals surface area contributed by atoms with E-state index < -0.39 is 5.97 Å². The lowest BCUT2D eigenvalue weighted by Gasteiger charge is -2.29. The number of hydrogen-bond acceptors (Lipinski definition) is 3. The lowest BCUT2D eigenvalue weighted by atomic mass is 9.98. The van der Waals surface area contributed by atoms with E-state index in [1.54, 1.807) is 12.1 Å². The van der Waals surface area contributed by atoms with Crippen LogP contribution in [0.15, 0.2) is 42.5 Å². The Morgan fingerprint density at radius 1 is 1.14 bits per heavy atom. The van der Waals surface area contributed by atoms with E-state index >= 15 is 0 Å². The van der Waals surface area contributed by atoms with E-state index in [4.69, 9.17) is 10.8 Å². The first-order valence-electron chi connectivity index (χ1n) is 7.04. The van der Waals surface area contributed by atoms with Crippen LogP contribution in [0.5, 0.6) is 0 Å². The molecule has 1 aliphatic rings. The molecule has 0 saturated heterocycles. The molecular formula is C17H18N2O2. The van der Waals surface area contributed by atoms with E-state index in [9.17, 15) is 4.79 Å². The lowest BCUT2D eigenvalue weighted by molar-refractivity contribution is 0.0697. The number of anilines is 1. The Morgan fingerprint density at radius 3 is 2.62 bits per heavy atom. The Balaban J connectivity index is 1.70. The minimum atomic E-state index is -0.885. The Hall–Kier alpha value is -2.33. The zero-order chi connectivity index (χ0) is 14.8. The highest BCUT2D eigenvalue weighted by molar-refractivity contribution is 5.87. The number of hydrogen-bond donors (Lipinski definition) is 2. The fourth-order valence-electron chi connectivity index (χ4n) is 2.78. The van der Waals surface area contributed by atoms with Crippen LogP contribution < -0.4 is 5.73 Å². The molecule has 0 aromatic heterocycles. The SMILES string of the molecule is Nc1ccc2c(c1)CN(Cc1ccc(C(=O)O)cc1)CC2. The predicted octanol–water partition coefficient (Wildman–Crippen LogP) is 2.53. The van der Waals surface area contributed by atoms with E-state index in [2.05, 4.69) is 17.0 Å². The van der Waals surface area contributed by atoms with Gasteiger partial charge in [-0.1, -0.05) is 18.2 Å². The second-order valence-electron chi connectivity index (χ2n) is 5.49. The first-order valence-corrected chi connectivity index (χ1v) is 7.04. The molecule has 4 nitrogen and oxygen atoms in total. The highest BCUT2D eigenvalue weighted by atomic mass is 16.4. The second kappa shape index (κ2) is 5.58. The van der Waals surface area contributed by atoms with Crippen molar-refractivity contribution in [2.45, 2.75) is 19.5 Å². The van der Waals surface area contributed by atoms with E-state index in [1.165, 1.54) is 11.1 Å². The Bertz CT molecular complexity index is 665.